The van der Waals surface area contributed by atoms with Crippen LogP contribution in [0, 0.1) is 0 Å². The highest BCUT2D eigenvalue weighted by Gasteiger charge is 2.33. The molecular weight excluding hydrogens is 581 g/mol. The van der Waals surface area contributed by atoms with Crippen molar-refractivity contribution < 1.29 is 37.0 Å². The number of carbonyl (C=O) groups excluding carboxylic acids is 2. The van der Waals surface area contributed by atoms with E-state index in [0.717, 1.165) is 12.1 Å². The van der Waals surface area contributed by atoms with Crippen LogP contribution in [-0.2, 0) is 15.7 Å². The van der Waals surface area contributed by atoms with Crippen LogP contribution >= 0.6 is 0 Å². The van der Waals surface area contributed by atoms with Gasteiger partial charge in [0, 0.05) is 37.7 Å². The third-order valence-electron chi connectivity index (χ3n) is 6.83. The van der Waals surface area contributed by atoms with E-state index < -0.39 is 29.8 Å². The Balaban J connectivity index is 0.00000442. The third-order valence-corrected chi connectivity index (χ3v) is 6.83. The minimum atomic E-state index is -4.41. The Bertz CT molecular complexity index is 1590. The molecule has 0 saturated carbocycles. The number of likely N-dealkylation sites (tertiary alicyclic amines) is 1. The van der Waals surface area contributed by atoms with Gasteiger partial charge in [0.15, 0.2) is 0 Å². The Morgan fingerprint density at radius 2 is 1.84 bits per heavy atom. The Morgan fingerprint density at radius 1 is 1.09 bits per heavy atom. The first kappa shape index (κ1) is 32.1. The maximum Gasteiger partial charge on any atom is 0.416 e. The van der Waals surface area contributed by atoms with Crippen molar-refractivity contribution >= 4 is 34.7 Å². The molecule has 234 valence electrons. The Morgan fingerprint density at radius 3 is 2.55 bits per heavy atom. The molecule has 0 radical (unpaired) electrons. The molecule has 2 aromatic carbocycles. The number of benzene rings is 2. The number of carbonyl (C=O) groups is 2. The molecule has 3 N–H and O–H groups in total. The summed E-state index contributed by atoms with van der Waals surface area (Å²) in [5, 5.41) is 5.89. The number of ether oxygens (including phenoxy) is 3. The molecule has 0 bridgehead atoms. The van der Waals surface area contributed by atoms with Crippen molar-refractivity contribution in [3.05, 3.63) is 72.1 Å². The summed E-state index contributed by atoms with van der Waals surface area (Å²) in [5.74, 6) is 0.769. The molecule has 1 aliphatic rings. The highest BCUT2D eigenvalue weighted by molar-refractivity contribution is 5.93. The number of hydrogen-bond donors (Lipinski definition) is 3. The molecule has 2 aromatic heterocycles. The molecule has 2 atom stereocenters. The molecule has 14 heteroatoms. The molecule has 5 rings (SSSR count). The zero-order chi connectivity index (χ0) is 30.6. The van der Waals surface area contributed by atoms with Gasteiger partial charge in [0.25, 0.3) is 5.91 Å². The van der Waals surface area contributed by atoms with Gasteiger partial charge in [-0.05, 0) is 55.8 Å². The van der Waals surface area contributed by atoms with Crippen LogP contribution in [0.15, 0.2) is 60.8 Å². The van der Waals surface area contributed by atoms with E-state index in [1.54, 1.807) is 36.1 Å². The summed E-state index contributed by atoms with van der Waals surface area (Å²) in [4.78, 5) is 38.3. The van der Waals surface area contributed by atoms with Gasteiger partial charge < -0.3 is 34.7 Å². The molecule has 1 saturated heterocycles. The van der Waals surface area contributed by atoms with Crippen molar-refractivity contribution in [1.82, 2.24) is 25.2 Å². The van der Waals surface area contributed by atoms with Gasteiger partial charge in [0.1, 0.15) is 17.2 Å². The third kappa shape index (κ3) is 7.56. The van der Waals surface area contributed by atoms with Crippen molar-refractivity contribution in [3.63, 3.8) is 0 Å². The first-order chi connectivity index (χ1) is 20.6. The minimum absolute atomic E-state index is 0. The first-order valence-electron chi connectivity index (χ1n) is 13.5. The number of hydrogen-bond acceptors (Lipinski definition) is 8. The van der Waals surface area contributed by atoms with E-state index >= 15 is 0 Å². The van der Waals surface area contributed by atoms with Crippen LogP contribution in [0.5, 0.6) is 11.5 Å². The Labute approximate surface area is 251 Å². The van der Waals surface area contributed by atoms with Crippen molar-refractivity contribution in [1.29, 1.82) is 0 Å². The average molecular weight is 615 g/mol. The maximum absolute atomic E-state index is 13.0. The number of piperidine rings is 1. The zero-order valence-corrected chi connectivity index (χ0v) is 23.3. The summed E-state index contributed by atoms with van der Waals surface area (Å²) < 4.78 is 55.0. The average Bonchev–Trinajstić information content (AvgIpc) is 3.39. The number of fused-ring (bicyclic) bond motifs is 1. The van der Waals surface area contributed by atoms with Crippen LogP contribution in [0.3, 0.4) is 0 Å². The quantitative estimate of drug-likeness (QED) is 0.216. The molecule has 44 heavy (non-hydrogen) atoms. The van der Waals surface area contributed by atoms with Gasteiger partial charge in [-0.2, -0.15) is 13.2 Å². The highest BCUT2D eigenvalue weighted by atomic mass is 19.4. The normalized spacial score (nSPS) is 16.6. The first-order valence-corrected chi connectivity index (χ1v) is 13.5. The van der Waals surface area contributed by atoms with Gasteiger partial charge >= 0.3 is 12.3 Å². The molecule has 3 heterocycles. The smallest absolute Gasteiger partial charge is 0.416 e. The number of alkyl halides is 3. The van der Waals surface area contributed by atoms with Crippen LogP contribution in [0.1, 0.15) is 36.8 Å². The number of methoxy groups -OCH3 is 1. The van der Waals surface area contributed by atoms with E-state index in [9.17, 15) is 22.8 Å². The molecule has 0 aliphatic carbocycles. The molecule has 4 aromatic rings. The van der Waals surface area contributed by atoms with Crippen molar-refractivity contribution in [2.45, 2.75) is 39.1 Å². The monoisotopic (exact) mass is 614 g/mol. The highest BCUT2D eigenvalue weighted by Crippen LogP contribution is 2.31. The standard InChI is InChI=1S/C29H29F3N6O5.CH4/c1-3-42-28(40)38-13-11-22(25(16-38)41-2)35-26(39)24-15-20(10-12-33-24)43-19-8-9-21-23(14-19)37-27(36-21)34-18-6-4-17(5-7-18)29(30,31)32;/h4-10,12,14-15,22,25H,3,11,13,16H2,1-2H3,(H,35,39)(H2,34,36,37);1H4/t22?,25-;/m1./s1. The van der Waals surface area contributed by atoms with E-state index in [-0.39, 0.29) is 32.3 Å². The fraction of sp³-hybridized carbons (Fsp3) is 0.333. The lowest BCUT2D eigenvalue weighted by atomic mass is 10.0. The molecule has 0 spiro atoms. The van der Waals surface area contributed by atoms with E-state index in [1.807, 2.05) is 0 Å². The summed E-state index contributed by atoms with van der Waals surface area (Å²) in [6, 6.07) is 12.6. The molecule has 2 amide bonds. The van der Waals surface area contributed by atoms with Gasteiger partial charge in [-0.25, -0.2) is 9.78 Å². The van der Waals surface area contributed by atoms with Gasteiger partial charge in [-0.15, -0.1) is 0 Å². The SMILES string of the molecule is C.CCOC(=O)N1CCC(NC(=O)c2cc(Oc3ccc4nc(Nc5ccc(C(F)(F)F)cc5)[nH]c4c3)ccn2)[C@H](OC)C1. The van der Waals surface area contributed by atoms with E-state index in [0.29, 0.717) is 47.1 Å². The second kappa shape index (κ2) is 13.6. The number of H-pyrrole nitrogens is 1. The Kier molecular flexibility index (Phi) is 9.94. The summed E-state index contributed by atoms with van der Waals surface area (Å²) >= 11 is 0. The number of rotatable bonds is 8. The summed E-state index contributed by atoms with van der Waals surface area (Å²) in [6.07, 6.45) is -3.30. The van der Waals surface area contributed by atoms with Gasteiger partial charge in [0.05, 0.1) is 41.9 Å². The predicted molar refractivity (Wildman–Crippen MR) is 157 cm³/mol. The fourth-order valence-corrected chi connectivity index (χ4v) is 4.67. The number of pyridine rings is 1. The number of nitrogens with zero attached hydrogens (tertiary/aromatic N) is 3. The lowest BCUT2D eigenvalue weighted by Crippen LogP contribution is -2.56. The van der Waals surface area contributed by atoms with Crippen LogP contribution in [0.4, 0.5) is 29.6 Å². The number of imidazole rings is 1. The fourth-order valence-electron chi connectivity index (χ4n) is 4.67. The largest absolute Gasteiger partial charge is 0.457 e. The number of aromatic amines is 1. The second-order valence-corrected chi connectivity index (χ2v) is 9.73. The lowest BCUT2D eigenvalue weighted by Gasteiger charge is -2.37. The lowest BCUT2D eigenvalue weighted by molar-refractivity contribution is -0.137. The molecule has 1 unspecified atom stereocenters. The number of nitrogens with one attached hydrogen (secondary N) is 3. The second-order valence-electron chi connectivity index (χ2n) is 9.73. The predicted octanol–water partition coefficient (Wildman–Crippen LogP) is 6.12. The van der Waals surface area contributed by atoms with Crippen LogP contribution in [0.25, 0.3) is 11.0 Å². The van der Waals surface area contributed by atoms with Crippen LogP contribution in [-0.4, -0.2) is 70.8 Å². The number of anilines is 2. The number of halogens is 3. The summed E-state index contributed by atoms with van der Waals surface area (Å²) in [6.45, 7) is 2.71. The van der Waals surface area contributed by atoms with E-state index in [2.05, 4.69) is 25.6 Å². The van der Waals surface area contributed by atoms with Gasteiger partial charge in [-0.3, -0.25) is 9.78 Å². The van der Waals surface area contributed by atoms with E-state index in [1.165, 1.54) is 31.5 Å². The van der Waals surface area contributed by atoms with E-state index in [4.69, 9.17) is 14.2 Å². The molecule has 1 aliphatic heterocycles. The minimum Gasteiger partial charge on any atom is -0.457 e. The van der Waals surface area contributed by atoms with Crippen molar-refractivity contribution in [2.24, 2.45) is 0 Å². The number of aromatic nitrogens is 3. The van der Waals surface area contributed by atoms with Crippen molar-refractivity contribution in [2.75, 3.05) is 32.1 Å². The molecule has 11 nitrogen and oxygen atoms in total. The Hall–Kier alpha value is -4.85. The topological polar surface area (TPSA) is 131 Å². The maximum atomic E-state index is 13.0. The summed E-state index contributed by atoms with van der Waals surface area (Å²) in [5.41, 5.74) is 1.08. The van der Waals surface area contributed by atoms with Gasteiger partial charge in [0.2, 0.25) is 5.95 Å². The van der Waals surface area contributed by atoms with Crippen LogP contribution in [0.2, 0.25) is 0 Å². The van der Waals surface area contributed by atoms with Crippen molar-refractivity contribution in [3.8, 4) is 11.5 Å². The zero-order valence-electron chi connectivity index (χ0n) is 23.3. The van der Waals surface area contributed by atoms with Gasteiger partial charge in [-0.1, -0.05) is 7.43 Å². The van der Waals surface area contributed by atoms with Crippen LogP contribution < -0.4 is 15.4 Å². The summed E-state index contributed by atoms with van der Waals surface area (Å²) in [7, 11) is 1.52. The molecular formula is C30H33F3N6O5. The number of amides is 2. The molecule has 1 fully saturated rings.